The van der Waals surface area contributed by atoms with Gasteiger partial charge in [0, 0.05) is 16.7 Å². The van der Waals surface area contributed by atoms with Gasteiger partial charge in [-0.1, -0.05) is 13.3 Å². The minimum Gasteiger partial charge on any atom is -0.306 e. The predicted octanol–water partition coefficient (Wildman–Crippen LogP) is 3.97. The third kappa shape index (κ3) is 3.08. The lowest BCUT2D eigenvalue weighted by atomic mass is 9.92. The third-order valence-corrected chi connectivity index (χ3v) is 5.13. The maximum atomic E-state index is 2.54. The lowest BCUT2D eigenvalue weighted by Gasteiger charge is -2.16. The number of likely N-dealkylation sites (N-methyl/N-ethyl adjacent to an activating group) is 1. The Morgan fingerprint density at radius 1 is 1.28 bits per heavy atom. The minimum absolute atomic E-state index is 1.21. The molecule has 18 heavy (non-hydrogen) atoms. The summed E-state index contributed by atoms with van der Waals surface area (Å²) in [6.45, 7) is 7.04. The number of nitrogens with zero attached hydrogens (tertiary/aromatic N) is 1. The number of rotatable bonds is 3. The van der Waals surface area contributed by atoms with E-state index in [0.29, 0.717) is 0 Å². The van der Waals surface area contributed by atoms with Crippen LogP contribution in [0.2, 0.25) is 0 Å². The quantitative estimate of drug-likeness (QED) is 0.740. The summed E-state index contributed by atoms with van der Waals surface area (Å²) in [5.41, 5.74) is 6.44. The normalized spacial score (nSPS) is 16.4. The van der Waals surface area contributed by atoms with Crippen LogP contribution in [-0.4, -0.2) is 25.0 Å². The second-order valence-corrected chi connectivity index (χ2v) is 6.67. The zero-order valence-corrected chi connectivity index (χ0v) is 14.0. The molecular weight excluding hydrogens is 333 g/mol. The van der Waals surface area contributed by atoms with Crippen molar-refractivity contribution in [3.63, 3.8) is 0 Å². The molecule has 0 unspecified atom stereocenters. The molecule has 0 amide bonds. The highest BCUT2D eigenvalue weighted by molar-refractivity contribution is 14.1. The van der Waals surface area contributed by atoms with Crippen molar-refractivity contribution in [1.29, 1.82) is 0 Å². The molecule has 1 aromatic carbocycles. The number of benzene rings is 1. The number of hydrogen-bond donors (Lipinski definition) is 0. The fraction of sp³-hybridized carbons (Fsp3) is 0.625. The van der Waals surface area contributed by atoms with Gasteiger partial charge in [0.1, 0.15) is 0 Å². The maximum Gasteiger partial charge on any atom is 0.0167 e. The van der Waals surface area contributed by atoms with E-state index in [1.165, 1.54) is 48.8 Å². The van der Waals surface area contributed by atoms with E-state index < -0.39 is 0 Å². The van der Waals surface area contributed by atoms with Crippen LogP contribution in [0.25, 0.3) is 0 Å². The molecule has 0 saturated carbocycles. The number of unbranched alkanes of at least 4 members (excludes halogenated alkanes) is 1. The molecule has 0 N–H and O–H groups in total. The summed E-state index contributed by atoms with van der Waals surface area (Å²) in [5.74, 6) is 0. The number of halogens is 1. The van der Waals surface area contributed by atoms with Crippen molar-refractivity contribution in [3.8, 4) is 0 Å². The molecule has 100 valence electrons. The second-order valence-electron chi connectivity index (χ2n) is 5.51. The Balaban J connectivity index is 2.35. The Labute approximate surface area is 125 Å². The fourth-order valence-corrected chi connectivity index (χ4v) is 3.94. The van der Waals surface area contributed by atoms with Gasteiger partial charge in [0.2, 0.25) is 0 Å². The summed E-state index contributed by atoms with van der Waals surface area (Å²) in [4.78, 5) is 2.46. The van der Waals surface area contributed by atoms with Gasteiger partial charge < -0.3 is 4.90 Å². The molecule has 2 rings (SSSR count). The maximum absolute atomic E-state index is 2.54. The molecule has 2 heteroatoms. The number of fused-ring (bicyclic) bond motifs is 1. The summed E-state index contributed by atoms with van der Waals surface area (Å²) in [6, 6.07) is 2.45. The van der Waals surface area contributed by atoms with Gasteiger partial charge in [-0.05, 0) is 90.6 Å². The van der Waals surface area contributed by atoms with Crippen LogP contribution < -0.4 is 0 Å². The average Bonchev–Trinajstić information content (AvgIpc) is 2.52. The Morgan fingerprint density at radius 3 is 2.72 bits per heavy atom. The summed E-state index contributed by atoms with van der Waals surface area (Å²) >= 11 is 2.54. The van der Waals surface area contributed by atoms with Gasteiger partial charge in [-0.2, -0.15) is 0 Å². The lowest BCUT2D eigenvalue weighted by Crippen LogP contribution is -2.20. The molecule has 1 aromatic rings. The van der Waals surface area contributed by atoms with Gasteiger partial charge in [0.25, 0.3) is 0 Å². The van der Waals surface area contributed by atoms with Crippen LogP contribution in [-0.2, 0) is 19.3 Å². The molecule has 0 radical (unpaired) electrons. The Kier molecular flexibility index (Phi) is 5.07. The summed E-state index contributed by atoms with van der Waals surface area (Å²) in [7, 11) is 2.24. The van der Waals surface area contributed by atoms with Gasteiger partial charge in [-0.3, -0.25) is 0 Å². The SMILES string of the molecule is CCCCc1c(I)cc2c(c1C)CCN(C)CC2. The van der Waals surface area contributed by atoms with Gasteiger partial charge in [-0.15, -0.1) is 0 Å². The summed E-state index contributed by atoms with van der Waals surface area (Å²) in [6.07, 6.45) is 6.30. The Morgan fingerprint density at radius 2 is 2.00 bits per heavy atom. The van der Waals surface area contributed by atoms with E-state index in [1.807, 2.05) is 0 Å². The van der Waals surface area contributed by atoms with Crippen molar-refractivity contribution in [2.75, 3.05) is 20.1 Å². The van der Waals surface area contributed by atoms with Crippen molar-refractivity contribution < 1.29 is 0 Å². The highest BCUT2D eigenvalue weighted by atomic mass is 127. The van der Waals surface area contributed by atoms with Crippen molar-refractivity contribution in [2.45, 2.75) is 46.0 Å². The molecule has 0 aliphatic carbocycles. The van der Waals surface area contributed by atoms with Crippen LogP contribution in [0.3, 0.4) is 0 Å². The predicted molar refractivity (Wildman–Crippen MR) is 87.4 cm³/mol. The van der Waals surface area contributed by atoms with Crippen molar-refractivity contribution >= 4 is 22.6 Å². The Hall–Kier alpha value is -0.0900. The molecule has 1 aliphatic rings. The van der Waals surface area contributed by atoms with Gasteiger partial charge in [0.15, 0.2) is 0 Å². The first-order chi connectivity index (χ1) is 8.63. The highest BCUT2D eigenvalue weighted by Gasteiger charge is 2.17. The molecule has 0 atom stereocenters. The standard InChI is InChI=1S/C16H24IN/c1-4-5-6-15-12(2)14-8-10-18(3)9-7-13(14)11-16(15)17/h11H,4-10H2,1-3H3. The average molecular weight is 357 g/mol. The van der Waals surface area contributed by atoms with E-state index in [1.54, 1.807) is 22.3 Å². The summed E-state index contributed by atoms with van der Waals surface area (Å²) < 4.78 is 1.49. The van der Waals surface area contributed by atoms with Crippen LogP contribution in [0.15, 0.2) is 6.07 Å². The molecule has 0 fully saturated rings. The molecule has 0 spiro atoms. The molecule has 1 nitrogen and oxygen atoms in total. The number of hydrogen-bond acceptors (Lipinski definition) is 1. The van der Waals surface area contributed by atoms with Crippen molar-refractivity contribution in [2.24, 2.45) is 0 Å². The van der Waals surface area contributed by atoms with Crippen LogP contribution in [0, 0.1) is 10.5 Å². The topological polar surface area (TPSA) is 3.24 Å². The lowest BCUT2D eigenvalue weighted by molar-refractivity contribution is 0.352. The van der Waals surface area contributed by atoms with E-state index in [4.69, 9.17) is 0 Å². The van der Waals surface area contributed by atoms with E-state index in [2.05, 4.69) is 54.5 Å². The molecule has 0 bridgehead atoms. The van der Waals surface area contributed by atoms with E-state index in [9.17, 15) is 0 Å². The molecular formula is C16H24IN. The zero-order valence-electron chi connectivity index (χ0n) is 11.9. The van der Waals surface area contributed by atoms with Crippen LogP contribution in [0.4, 0.5) is 0 Å². The van der Waals surface area contributed by atoms with Crippen LogP contribution in [0.1, 0.15) is 42.0 Å². The van der Waals surface area contributed by atoms with Crippen molar-refractivity contribution in [1.82, 2.24) is 4.90 Å². The van der Waals surface area contributed by atoms with Gasteiger partial charge in [-0.25, -0.2) is 0 Å². The van der Waals surface area contributed by atoms with Gasteiger partial charge in [0.05, 0.1) is 0 Å². The Bertz CT molecular complexity index is 426. The van der Waals surface area contributed by atoms with Crippen LogP contribution in [0.5, 0.6) is 0 Å². The van der Waals surface area contributed by atoms with E-state index >= 15 is 0 Å². The minimum atomic E-state index is 1.21. The smallest absolute Gasteiger partial charge is 0.0167 e. The first kappa shape index (κ1) is 14.3. The first-order valence-corrected chi connectivity index (χ1v) is 8.19. The largest absolute Gasteiger partial charge is 0.306 e. The molecule has 0 saturated heterocycles. The fourth-order valence-electron chi connectivity index (χ4n) is 2.89. The zero-order chi connectivity index (χ0) is 13.1. The molecule has 0 aromatic heterocycles. The summed E-state index contributed by atoms with van der Waals surface area (Å²) in [5, 5.41) is 0. The first-order valence-electron chi connectivity index (χ1n) is 7.11. The monoisotopic (exact) mass is 357 g/mol. The van der Waals surface area contributed by atoms with E-state index in [0.717, 1.165) is 0 Å². The van der Waals surface area contributed by atoms with Crippen LogP contribution >= 0.6 is 22.6 Å². The second kappa shape index (κ2) is 6.38. The highest BCUT2D eigenvalue weighted by Crippen LogP contribution is 2.28. The third-order valence-electron chi connectivity index (χ3n) is 4.17. The van der Waals surface area contributed by atoms with Gasteiger partial charge >= 0.3 is 0 Å². The van der Waals surface area contributed by atoms with Crippen molar-refractivity contribution in [3.05, 3.63) is 31.9 Å². The van der Waals surface area contributed by atoms with E-state index in [-0.39, 0.29) is 0 Å². The molecule has 1 heterocycles. The molecule has 1 aliphatic heterocycles.